The highest BCUT2D eigenvalue weighted by atomic mass is 32.1. The Morgan fingerprint density at radius 1 is 1.56 bits per heavy atom. The normalized spacial score (nSPS) is 21.8. The van der Waals surface area contributed by atoms with Gasteiger partial charge in [0, 0.05) is 43.1 Å². The van der Waals surface area contributed by atoms with Crippen molar-refractivity contribution in [1.82, 2.24) is 14.7 Å². The Morgan fingerprint density at radius 3 is 3.00 bits per heavy atom. The molecule has 90 valence electrons. The third-order valence-corrected chi connectivity index (χ3v) is 3.78. The Kier molecular flexibility index (Phi) is 3.76. The fourth-order valence-electron chi connectivity index (χ4n) is 1.96. The fraction of sp³-hybridized carbons (Fsp3) is 0.818. The van der Waals surface area contributed by atoms with E-state index in [-0.39, 0.29) is 0 Å². The van der Waals surface area contributed by atoms with Crippen LogP contribution in [0.4, 0.5) is 5.13 Å². The molecular formula is C11H20N4S. The molecule has 0 bridgehead atoms. The Hall–Kier alpha value is -0.680. The molecular weight excluding hydrogens is 220 g/mol. The molecule has 1 saturated heterocycles. The largest absolute Gasteiger partial charge is 0.341 e. The lowest BCUT2D eigenvalue weighted by atomic mass is 10.1. The molecule has 0 amide bonds. The van der Waals surface area contributed by atoms with Crippen LogP contribution >= 0.6 is 11.5 Å². The van der Waals surface area contributed by atoms with Crippen molar-refractivity contribution in [3.63, 3.8) is 0 Å². The number of anilines is 1. The molecule has 1 N–H and O–H groups in total. The highest BCUT2D eigenvalue weighted by molar-refractivity contribution is 7.09. The summed E-state index contributed by atoms with van der Waals surface area (Å²) >= 11 is 1.54. The van der Waals surface area contributed by atoms with Gasteiger partial charge in [-0.15, -0.1) is 0 Å². The van der Waals surface area contributed by atoms with Crippen molar-refractivity contribution in [2.24, 2.45) is 0 Å². The van der Waals surface area contributed by atoms with E-state index < -0.39 is 0 Å². The molecule has 1 aliphatic heterocycles. The summed E-state index contributed by atoms with van der Waals surface area (Å²) < 4.78 is 4.43. The summed E-state index contributed by atoms with van der Waals surface area (Å²) in [7, 11) is 0. The number of nitrogens with zero attached hydrogens (tertiary/aromatic N) is 3. The van der Waals surface area contributed by atoms with Gasteiger partial charge in [0.05, 0.1) is 0 Å². The summed E-state index contributed by atoms with van der Waals surface area (Å²) in [5, 5.41) is 4.52. The van der Waals surface area contributed by atoms with Crippen molar-refractivity contribution in [3.05, 3.63) is 5.82 Å². The van der Waals surface area contributed by atoms with E-state index >= 15 is 0 Å². The van der Waals surface area contributed by atoms with E-state index in [1.807, 2.05) is 0 Å². The van der Waals surface area contributed by atoms with Gasteiger partial charge in [-0.2, -0.15) is 4.37 Å². The van der Waals surface area contributed by atoms with Gasteiger partial charge >= 0.3 is 0 Å². The molecule has 1 fully saturated rings. The maximum Gasteiger partial charge on any atom is 0.205 e. The van der Waals surface area contributed by atoms with Crippen molar-refractivity contribution in [3.8, 4) is 0 Å². The van der Waals surface area contributed by atoms with Crippen LogP contribution in [0.5, 0.6) is 0 Å². The average molecular weight is 240 g/mol. The molecule has 0 aromatic carbocycles. The molecule has 1 aromatic heterocycles. The first-order valence-electron chi connectivity index (χ1n) is 6.03. The molecule has 2 heterocycles. The minimum absolute atomic E-state index is 0.424. The molecule has 1 unspecified atom stereocenters. The van der Waals surface area contributed by atoms with Gasteiger partial charge in [-0.05, 0) is 6.42 Å². The zero-order chi connectivity index (χ0) is 11.5. The van der Waals surface area contributed by atoms with E-state index in [1.165, 1.54) is 0 Å². The van der Waals surface area contributed by atoms with Crippen LogP contribution in [0.1, 0.15) is 38.9 Å². The molecule has 16 heavy (non-hydrogen) atoms. The van der Waals surface area contributed by atoms with Crippen LogP contribution in [-0.4, -0.2) is 35.0 Å². The van der Waals surface area contributed by atoms with Gasteiger partial charge in [-0.1, -0.05) is 20.8 Å². The quantitative estimate of drug-likeness (QED) is 0.875. The molecule has 0 saturated carbocycles. The Labute approximate surface area is 101 Å². The molecule has 0 spiro atoms. The van der Waals surface area contributed by atoms with E-state index in [9.17, 15) is 0 Å². The summed E-state index contributed by atoms with van der Waals surface area (Å²) in [4.78, 5) is 7.04. The minimum atomic E-state index is 0.424. The molecule has 1 aliphatic rings. The number of hydrogen-bond donors (Lipinski definition) is 1. The minimum Gasteiger partial charge on any atom is -0.341 e. The number of hydrogen-bond acceptors (Lipinski definition) is 5. The maximum absolute atomic E-state index is 4.64. The first kappa shape index (κ1) is 11.8. The van der Waals surface area contributed by atoms with Gasteiger partial charge in [-0.25, -0.2) is 4.98 Å². The number of piperazine rings is 1. The first-order valence-corrected chi connectivity index (χ1v) is 6.80. The maximum atomic E-state index is 4.64. The molecule has 1 atom stereocenters. The summed E-state index contributed by atoms with van der Waals surface area (Å²) in [5.74, 6) is 1.40. The van der Waals surface area contributed by atoms with Crippen molar-refractivity contribution in [1.29, 1.82) is 0 Å². The molecule has 5 heteroatoms. The van der Waals surface area contributed by atoms with Gasteiger partial charge in [0.1, 0.15) is 5.82 Å². The van der Waals surface area contributed by atoms with Crippen LogP contribution in [0.25, 0.3) is 0 Å². The Morgan fingerprint density at radius 2 is 2.38 bits per heavy atom. The van der Waals surface area contributed by atoms with E-state index in [0.29, 0.717) is 12.0 Å². The lowest BCUT2D eigenvalue weighted by molar-refractivity contribution is 0.465. The van der Waals surface area contributed by atoms with Crippen LogP contribution in [0.15, 0.2) is 0 Å². The second kappa shape index (κ2) is 5.10. The summed E-state index contributed by atoms with van der Waals surface area (Å²) in [6.07, 6.45) is 1.16. The van der Waals surface area contributed by atoms with Crippen molar-refractivity contribution in [2.45, 2.75) is 39.2 Å². The van der Waals surface area contributed by atoms with Gasteiger partial charge in [0.15, 0.2) is 0 Å². The molecule has 0 radical (unpaired) electrons. The SMILES string of the molecule is CCC1CNCCN1c1nc(C(C)C)ns1. The Balaban J connectivity index is 2.14. The molecule has 2 rings (SSSR count). The zero-order valence-corrected chi connectivity index (χ0v) is 11.0. The van der Waals surface area contributed by atoms with Crippen molar-refractivity contribution >= 4 is 16.7 Å². The monoisotopic (exact) mass is 240 g/mol. The van der Waals surface area contributed by atoms with Gasteiger partial charge in [-0.3, -0.25) is 0 Å². The second-order valence-electron chi connectivity index (χ2n) is 4.55. The van der Waals surface area contributed by atoms with Crippen LogP contribution in [0, 0.1) is 0 Å². The van der Waals surface area contributed by atoms with Crippen molar-refractivity contribution < 1.29 is 0 Å². The zero-order valence-electron chi connectivity index (χ0n) is 10.2. The third-order valence-electron chi connectivity index (χ3n) is 3.01. The lowest BCUT2D eigenvalue weighted by Crippen LogP contribution is -2.51. The second-order valence-corrected chi connectivity index (χ2v) is 5.28. The van der Waals surface area contributed by atoms with Crippen molar-refractivity contribution in [2.75, 3.05) is 24.5 Å². The summed E-state index contributed by atoms with van der Waals surface area (Å²) in [5.41, 5.74) is 0. The highest BCUT2D eigenvalue weighted by Crippen LogP contribution is 2.24. The topological polar surface area (TPSA) is 41.0 Å². The van der Waals surface area contributed by atoms with Gasteiger partial charge in [0.25, 0.3) is 0 Å². The van der Waals surface area contributed by atoms with Gasteiger partial charge in [0.2, 0.25) is 5.13 Å². The van der Waals surface area contributed by atoms with Gasteiger partial charge < -0.3 is 10.2 Å². The molecule has 0 aliphatic carbocycles. The fourth-order valence-corrected chi connectivity index (χ4v) is 2.86. The van der Waals surface area contributed by atoms with Crippen LogP contribution in [-0.2, 0) is 0 Å². The molecule has 1 aromatic rings. The highest BCUT2D eigenvalue weighted by Gasteiger charge is 2.23. The van der Waals surface area contributed by atoms with E-state index in [2.05, 4.69) is 40.3 Å². The van der Waals surface area contributed by atoms with E-state index in [1.54, 1.807) is 11.5 Å². The standard InChI is InChI=1S/C11H20N4S/c1-4-9-7-12-5-6-15(9)11-13-10(8(2)3)14-16-11/h8-9,12H,4-7H2,1-3H3. The number of aromatic nitrogens is 2. The number of rotatable bonds is 3. The smallest absolute Gasteiger partial charge is 0.205 e. The average Bonchev–Trinajstić information content (AvgIpc) is 2.78. The molecule has 4 nitrogen and oxygen atoms in total. The lowest BCUT2D eigenvalue weighted by Gasteiger charge is -2.35. The predicted octanol–water partition coefficient (Wildman–Crippen LogP) is 1.85. The number of nitrogens with one attached hydrogen (secondary N) is 1. The summed E-state index contributed by atoms with van der Waals surface area (Å²) in [6, 6.07) is 0.571. The predicted molar refractivity (Wildman–Crippen MR) is 68.3 cm³/mol. The van der Waals surface area contributed by atoms with Crippen LogP contribution < -0.4 is 10.2 Å². The Bertz CT molecular complexity index is 336. The van der Waals surface area contributed by atoms with Crippen LogP contribution in [0.3, 0.4) is 0 Å². The van der Waals surface area contributed by atoms with E-state index in [0.717, 1.165) is 37.0 Å². The summed E-state index contributed by atoms with van der Waals surface area (Å²) in [6.45, 7) is 9.67. The first-order chi connectivity index (χ1) is 7.72. The van der Waals surface area contributed by atoms with Crippen LogP contribution in [0.2, 0.25) is 0 Å². The third kappa shape index (κ3) is 2.35. The van der Waals surface area contributed by atoms with E-state index in [4.69, 9.17) is 0 Å².